The van der Waals surface area contributed by atoms with E-state index in [1.165, 1.54) is 12.8 Å². The Hall–Kier alpha value is -1.16. The molecule has 0 spiro atoms. The summed E-state index contributed by atoms with van der Waals surface area (Å²) in [5.41, 5.74) is 1.12. The molecule has 4 nitrogen and oxygen atoms in total. The van der Waals surface area contributed by atoms with Crippen molar-refractivity contribution in [1.29, 1.82) is 0 Å². The van der Waals surface area contributed by atoms with Crippen LogP contribution in [0.3, 0.4) is 0 Å². The van der Waals surface area contributed by atoms with E-state index >= 15 is 0 Å². The molecule has 1 heterocycles. The van der Waals surface area contributed by atoms with Crippen LogP contribution in [0.15, 0.2) is 12.3 Å². The Morgan fingerprint density at radius 3 is 3.07 bits per heavy atom. The van der Waals surface area contributed by atoms with E-state index in [4.69, 9.17) is 0 Å². The van der Waals surface area contributed by atoms with Crippen LogP contribution in [0.1, 0.15) is 25.0 Å². The highest BCUT2D eigenvalue weighted by Gasteiger charge is 2.20. The third-order valence-corrected chi connectivity index (χ3v) is 2.75. The summed E-state index contributed by atoms with van der Waals surface area (Å²) < 4.78 is 1.82. The number of nitrogens with one attached hydrogen (secondary N) is 1. The summed E-state index contributed by atoms with van der Waals surface area (Å²) >= 11 is 0. The summed E-state index contributed by atoms with van der Waals surface area (Å²) in [7, 11) is 1.91. The van der Waals surface area contributed by atoms with Crippen molar-refractivity contribution < 1.29 is 4.79 Å². The molecule has 4 heteroatoms. The number of carbonyl (C=O) groups is 1. The van der Waals surface area contributed by atoms with Gasteiger partial charge >= 0.3 is 0 Å². The number of ketones is 1. The Labute approximate surface area is 89.7 Å². The highest BCUT2D eigenvalue weighted by Crippen LogP contribution is 2.18. The van der Waals surface area contributed by atoms with Gasteiger partial charge in [-0.25, -0.2) is 0 Å². The van der Waals surface area contributed by atoms with Gasteiger partial charge in [0, 0.05) is 31.4 Å². The predicted molar refractivity (Wildman–Crippen MR) is 57.6 cm³/mol. The van der Waals surface area contributed by atoms with Gasteiger partial charge < -0.3 is 5.32 Å². The Morgan fingerprint density at radius 2 is 2.47 bits per heavy atom. The molecule has 1 saturated carbocycles. The molecule has 0 unspecified atom stereocenters. The van der Waals surface area contributed by atoms with Crippen molar-refractivity contribution in [3.8, 4) is 0 Å². The number of aryl methyl sites for hydroxylation is 2. The molecule has 0 atom stereocenters. The van der Waals surface area contributed by atoms with Crippen molar-refractivity contribution in [3.05, 3.63) is 18.0 Å². The Bertz CT molecular complexity index is 341. The molecule has 1 aliphatic carbocycles. The number of rotatable bonds is 6. The summed E-state index contributed by atoms with van der Waals surface area (Å²) in [6.07, 6.45) is 5.63. The highest BCUT2D eigenvalue weighted by molar-refractivity contribution is 5.80. The molecule has 0 amide bonds. The van der Waals surface area contributed by atoms with E-state index in [2.05, 4.69) is 10.4 Å². The zero-order valence-corrected chi connectivity index (χ0v) is 9.07. The molecular weight excluding hydrogens is 190 g/mol. The minimum absolute atomic E-state index is 0.295. The van der Waals surface area contributed by atoms with Crippen molar-refractivity contribution in [2.75, 3.05) is 6.54 Å². The van der Waals surface area contributed by atoms with Gasteiger partial charge in [0.2, 0.25) is 0 Å². The molecule has 1 aliphatic rings. The van der Waals surface area contributed by atoms with Gasteiger partial charge in [-0.3, -0.25) is 9.48 Å². The van der Waals surface area contributed by atoms with Crippen LogP contribution in [0.5, 0.6) is 0 Å². The van der Waals surface area contributed by atoms with Crippen LogP contribution >= 0.6 is 0 Å². The lowest BCUT2D eigenvalue weighted by Crippen LogP contribution is -2.25. The first-order valence-corrected chi connectivity index (χ1v) is 5.47. The number of aromatic nitrogens is 2. The number of Topliss-reactive ketones (excluding diaryl/α,β-unsaturated/α-hetero) is 1. The lowest BCUT2D eigenvalue weighted by Gasteiger charge is -2.03. The minimum Gasteiger partial charge on any atom is -0.307 e. The molecule has 0 bridgehead atoms. The van der Waals surface area contributed by atoms with Crippen LogP contribution in [-0.4, -0.2) is 28.2 Å². The topological polar surface area (TPSA) is 46.9 Å². The Balaban J connectivity index is 1.68. The zero-order valence-electron chi connectivity index (χ0n) is 9.07. The summed E-state index contributed by atoms with van der Waals surface area (Å²) in [5.74, 6) is 0.295. The standard InChI is InChI=1S/C11H17N3O/c1-14-10(6-7-13-14)4-5-11(15)8-12-9-2-3-9/h6-7,9,12H,2-5,8H2,1H3. The lowest BCUT2D eigenvalue weighted by molar-refractivity contribution is -0.118. The molecule has 82 valence electrons. The highest BCUT2D eigenvalue weighted by atomic mass is 16.1. The van der Waals surface area contributed by atoms with Crippen molar-refractivity contribution in [2.24, 2.45) is 7.05 Å². The lowest BCUT2D eigenvalue weighted by atomic mass is 10.2. The molecular formula is C11H17N3O. The molecule has 15 heavy (non-hydrogen) atoms. The van der Waals surface area contributed by atoms with Gasteiger partial charge in [0.15, 0.2) is 0 Å². The number of carbonyl (C=O) groups excluding carboxylic acids is 1. The molecule has 0 aliphatic heterocycles. The fourth-order valence-electron chi connectivity index (χ4n) is 1.55. The third kappa shape index (κ3) is 3.16. The van der Waals surface area contributed by atoms with Crippen LogP contribution in [0.2, 0.25) is 0 Å². The number of nitrogens with zero attached hydrogens (tertiary/aromatic N) is 2. The zero-order chi connectivity index (χ0) is 10.7. The van der Waals surface area contributed by atoms with Gasteiger partial charge in [-0.1, -0.05) is 0 Å². The smallest absolute Gasteiger partial charge is 0.147 e. The Kier molecular flexibility index (Phi) is 3.16. The third-order valence-electron chi connectivity index (χ3n) is 2.75. The number of hydrogen-bond donors (Lipinski definition) is 1. The van der Waals surface area contributed by atoms with Gasteiger partial charge in [0.25, 0.3) is 0 Å². The maximum Gasteiger partial charge on any atom is 0.147 e. The average molecular weight is 207 g/mol. The van der Waals surface area contributed by atoms with Crippen molar-refractivity contribution in [1.82, 2.24) is 15.1 Å². The van der Waals surface area contributed by atoms with E-state index in [9.17, 15) is 4.79 Å². The van der Waals surface area contributed by atoms with Crippen LogP contribution in [0.25, 0.3) is 0 Å². The first-order valence-electron chi connectivity index (χ1n) is 5.47. The molecule has 1 N–H and O–H groups in total. The molecule has 0 saturated heterocycles. The van der Waals surface area contributed by atoms with Crippen molar-refractivity contribution in [2.45, 2.75) is 31.7 Å². The second kappa shape index (κ2) is 4.57. The maximum atomic E-state index is 11.5. The van der Waals surface area contributed by atoms with E-state index in [0.29, 0.717) is 24.8 Å². The van der Waals surface area contributed by atoms with Gasteiger partial charge in [-0.05, 0) is 25.3 Å². The molecule has 1 fully saturated rings. The maximum absolute atomic E-state index is 11.5. The van der Waals surface area contributed by atoms with Crippen molar-refractivity contribution in [3.63, 3.8) is 0 Å². The fraction of sp³-hybridized carbons (Fsp3) is 0.636. The second-order valence-electron chi connectivity index (χ2n) is 4.14. The molecule has 2 rings (SSSR count). The van der Waals surface area contributed by atoms with Gasteiger partial charge in [0.05, 0.1) is 6.54 Å². The normalized spacial score (nSPS) is 15.5. The van der Waals surface area contributed by atoms with Crippen LogP contribution in [-0.2, 0) is 18.3 Å². The average Bonchev–Trinajstić information content (AvgIpc) is 2.96. The van der Waals surface area contributed by atoms with Gasteiger partial charge in [-0.15, -0.1) is 0 Å². The minimum atomic E-state index is 0.295. The summed E-state index contributed by atoms with van der Waals surface area (Å²) in [6, 6.07) is 2.58. The van der Waals surface area contributed by atoms with E-state index < -0.39 is 0 Å². The van der Waals surface area contributed by atoms with Crippen molar-refractivity contribution >= 4 is 5.78 Å². The van der Waals surface area contributed by atoms with Gasteiger partial charge in [0.1, 0.15) is 5.78 Å². The van der Waals surface area contributed by atoms with E-state index in [1.807, 2.05) is 17.8 Å². The van der Waals surface area contributed by atoms with Crippen LogP contribution in [0.4, 0.5) is 0 Å². The van der Waals surface area contributed by atoms with E-state index in [1.54, 1.807) is 6.20 Å². The molecule has 0 radical (unpaired) electrons. The largest absolute Gasteiger partial charge is 0.307 e. The number of hydrogen-bond acceptors (Lipinski definition) is 3. The summed E-state index contributed by atoms with van der Waals surface area (Å²) in [4.78, 5) is 11.5. The monoisotopic (exact) mass is 207 g/mol. The Morgan fingerprint density at radius 1 is 1.67 bits per heavy atom. The summed E-state index contributed by atoms with van der Waals surface area (Å²) in [5, 5.41) is 7.30. The molecule has 1 aromatic rings. The first-order chi connectivity index (χ1) is 7.25. The van der Waals surface area contributed by atoms with E-state index in [0.717, 1.165) is 12.1 Å². The van der Waals surface area contributed by atoms with Crippen LogP contribution < -0.4 is 5.32 Å². The SMILES string of the molecule is Cn1nccc1CCC(=O)CNC1CC1. The van der Waals surface area contributed by atoms with E-state index in [-0.39, 0.29) is 0 Å². The van der Waals surface area contributed by atoms with Gasteiger partial charge in [-0.2, -0.15) is 5.10 Å². The quantitative estimate of drug-likeness (QED) is 0.746. The fourth-order valence-corrected chi connectivity index (χ4v) is 1.55. The second-order valence-corrected chi connectivity index (χ2v) is 4.14. The predicted octanol–water partition coefficient (Wildman–Crippen LogP) is 0.674. The molecule has 0 aromatic carbocycles. The first kappa shape index (κ1) is 10.4. The molecule has 1 aromatic heterocycles. The van der Waals surface area contributed by atoms with Crippen LogP contribution in [0, 0.1) is 0 Å². The summed E-state index contributed by atoms with van der Waals surface area (Å²) in [6.45, 7) is 0.530.